The molecular formula is C11H17ClN2O3S. The van der Waals surface area contributed by atoms with Crippen molar-refractivity contribution in [1.29, 1.82) is 0 Å². The number of hydrogen-bond acceptors (Lipinski definition) is 4. The first-order valence-electron chi connectivity index (χ1n) is 5.21. The Kier molecular flexibility index (Phi) is 7.38. The molecule has 0 bridgehead atoms. The van der Waals surface area contributed by atoms with Crippen LogP contribution in [0.25, 0.3) is 0 Å². The van der Waals surface area contributed by atoms with Crippen molar-refractivity contribution in [1.82, 2.24) is 5.32 Å². The van der Waals surface area contributed by atoms with E-state index in [1.807, 2.05) is 30.3 Å². The standard InChI is InChI=1S/C11H16N2O3S.ClH/c1-17(15,16)8-7-12-11(14)9-13-10-5-3-2-4-6-10;/h2-6,13H,7-9H2,1H3,(H,12,14);1H. The largest absolute Gasteiger partial charge is 0.376 e. The molecule has 0 aromatic heterocycles. The van der Waals surface area contributed by atoms with Gasteiger partial charge in [-0.2, -0.15) is 0 Å². The maximum Gasteiger partial charge on any atom is 0.239 e. The minimum Gasteiger partial charge on any atom is -0.376 e. The summed E-state index contributed by atoms with van der Waals surface area (Å²) in [7, 11) is -3.02. The van der Waals surface area contributed by atoms with Gasteiger partial charge in [0.2, 0.25) is 5.91 Å². The number of rotatable bonds is 6. The van der Waals surface area contributed by atoms with Crippen molar-refractivity contribution < 1.29 is 13.2 Å². The predicted molar refractivity (Wildman–Crippen MR) is 74.9 cm³/mol. The number of benzene rings is 1. The second-order valence-electron chi connectivity index (χ2n) is 3.70. The van der Waals surface area contributed by atoms with Crippen molar-refractivity contribution >= 4 is 33.8 Å². The van der Waals surface area contributed by atoms with Gasteiger partial charge in [-0.1, -0.05) is 18.2 Å². The van der Waals surface area contributed by atoms with E-state index in [1.54, 1.807) is 0 Å². The zero-order valence-corrected chi connectivity index (χ0v) is 11.7. The quantitative estimate of drug-likeness (QED) is 0.808. The smallest absolute Gasteiger partial charge is 0.239 e. The third-order valence-electron chi connectivity index (χ3n) is 2.02. The van der Waals surface area contributed by atoms with E-state index in [0.29, 0.717) is 0 Å². The van der Waals surface area contributed by atoms with E-state index in [9.17, 15) is 13.2 Å². The molecule has 1 rings (SSSR count). The van der Waals surface area contributed by atoms with Gasteiger partial charge in [-0.05, 0) is 12.1 Å². The number of carbonyl (C=O) groups excluding carboxylic acids is 1. The van der Waals surface area contributed by atoms with Crippen LogP contribution in [0.2, 0.25) is 0 Å². The molecular weight excluding hydrogens is 276 g/mol. The highest BCUT2D eigenvalue weighted by atomic mass is 35.5. The molecule has 0 fully saturated rings. The number of anilines is 1. The lowest BCUT2D eigenvalue weighted by Crippen LogP contribution is -2.33. The summed E-state index contributed by atoms with van der Waals surface area (Å²) in [6.07, 6.45) is 1.14. The van der Waals surface area contributed by atoms with Gasteiger partial charge in [0.15, 0.2) is 0 Å². The fraction of sp³-hybridized carbons (Fsp3) is 0.364. The summed E-state index contributed by atoms with van der Waals surface area (Å²) < 4.78 is 21.7. The lowest BCUT2D eigenvalue weighted by atomic mass is 10.3. The monoisotopic (exact) mass is 292 g/mol. The molecule has 0 aliphatic rings. The Bertz CT molecular complexity index is 462. The van der Waals surface area contributed by atoms with Crippen LogP contribution < -0.4 is 10.6 Å². The molecule has 0 saturated carbocycles. The Labute approximate surface area is 113 Å². The van der Waals surface area contributed by atoms with Crippen LogP contribution in [0.5, 0.6) is 0 Å². The van der Waals surface area contributed by atoms with Crippen molar-refractivity contribution in [2.45, 2.75) is 0 Å². The minimum atomic E-state index is -3.02. The summed E-state index contributed by atoms with van der Waals surface area (Å²) in [5.74, 6) is -0.262. The average Bonchev–Trinajstić information content (AvgIpc) is 2.26. The van der Waals surface area contributed by atoms with Crippen LogP contribution in [-0.4, -0.2) is 39.4 Å². The van der Waals surface area contributed by atoms with Crippen LogP contribution in [-0.2, 0) is 14.6 Å². The third kappa shape index (κ3) is 7.92. The predicted octanol–water partition coefficient (Wildman–Crippen LogP) is 0.681. The van der Waals surface area contributed by atoms with Crippen LogP contribution in [0.1, 0.15) is 0 Å². The van der Waals surface area contributed by atoms with Crippen LogP contribution in [0.4, 0.5) is 5.69 Å². The van der Waals surface area contributed by atoms with Gasteiger partial charge >= 0.3 is 0 Å². The van der Waals surface area contributed by atoms with E-state index < -0.39 is 9.84 Å². The van der Waals surface area contributed by atoms with Crippen molar-refractivity contribution in [3.63, 3.8) is 0 Å². The first kappa shape index (κ1) is 16.7. The van der Waals surface area contributed by atoms with Gasteiger partial charge in [-0.25, -0.2) is 8.42 Å². The Morgan fingerprint density at radius 2 is 1.83 bits per heavy atom. The summed E-state index contributed by atoms with van der Waals surface area (Å²) in [6.45, 7) is 0.280. The maximum absolute atomic E-state index is 11.3. The van der Waals surface area contributed by atoms with Crippen molar-refractivity contribution in [2.75, 3.05) is 30.4 Å². The number of para-hydroxylation sites is 1. The molecule has 1 aromatic rings. The molecule has 1 amide bonds. The van der Waals surface area contributed by atoms with Crippen LogP contribution in [0.3, 0.4) is 0 Å². The van der Waals surface area contributed by atoms with Gasteiger partial charge in [0.05, 0.1) is 12.3 Å². The highest BCUT2D eigenvalue weighted by Gasteiger charge is 2.04. The molecule has 5 nitrogen and oxygen atoms in total. The molecule has 0 atom stereocenters. The molecule has 2 N–H and O–H groups in total. The normalized spacial score (nSPS) is 10.3. The highest BCUT2D eigenvalue weighted by molar-refractivity contribution is 7.90. The molecule has 0 radical (unpaired) electrons. The molecule has 0 aliphatic carbocycles. The molecule has 0 spiro atoms. The van der Waals surface area contributed by atoms with Gasteiger partial charge in [0.25, 0.3) is 0 Å². The van der Waals surface area contributed by atoms with Crippen LogP contribution in [0.15, 0.2) is 30.3 Å². The fourth-order valence-corrected chi connectivity index (χ4v) is 1.65. The van der Waals surface area contributed by atoms with Gasteiger partial charge < -0.3 is 10.6 Å². The summed E-state index contributed by atoms with van der Waals surface area (Å²) in [5, 5.41) is 5.46. The van der Waals surface area contributed by atoms with Gasteiger partial charge in [-0.3, -0.25) is 4.79 Å². The van der Waals surface area contributed by atoms with Crippen LogP contribution in [0, 0.1) is 0 Å². The number of nitrogens with one attached hydrogen (secondary N) is 2. The van der Waals surface area contributed by atoms with Crippen molar-refractivity contribution in [2.24, 2.45) is 0 Å². The van der Waals surface area contributed by atoms with Crippen LogP contribution >= 0.6 is 12.4 Å². The van der Waals surface area contributed by atoms with Gasteiger partial charge in [0, 0.05) is 18.5 Å². The van der Waals surface area contributed by atoms with E-state index in [1.165, 1.54) is 0 Å². The molecule has 7 heteroatoms. The second-order valence-corrected chi connectivity index (χ2v) is 5.96. The van der Waals surface area contributed by atoms with E-state index in [2.05, 4.69) is 10.6 Å². The van der Waals surface area contributed by atoms with Gasteiger partial charge in [-0.15, -0.1) is 12.4 Å². The lowest BCUT2D eigenvalue weighted by Gasteiger charge is -2.06. The number of sulfone groups is 1. The zero-order valence-electron chi connectivity index (χ0n) is 10.0. The fourth-order valence-electron chi connectivity index (χ4n) is 1.18. The summed E-state index contributed by atoms with van der Waals surface area (Å²) in [5.41, 5.74) is 0.853. The molecule has 0 saturated heterocycles. The number of hydrogen-bond donors (Lipinski definition) is 2. The maximum atomic E-state index is 11.3. The Morgan fingerprint density at radius 3 is 2.39 bits per heavy atom. The molecule has 18 heavy (non-hydrogen) atoms. The first-order chi connectivity index (χ1) is 7.97. The lowest BCUT2D eigenvalue weighted by molar-refractivity contribution is -0.119. The van der Waals surface area contributed by atoms with E-state index in [-0.39, 0.29) is 37.2 Å². The Hall–Kier alpha value is -1.27. The third-order valence-corrected chi connectivity index (χ3v) is 2.97. The Morgan fingerprint density at radius 1 is 1.22 bits per heavy atom. The number of carbonyl (C=O) groups is 1. The number of amides is 1. The zero-order chi connectivity index (χ0) is 12.7. The average molecular weight is 293 g/mol. The molecule has 0 aliphatic heterocycles. The van der Waals surface area contributed by atoms with E-state index in [0.717, 1.165) is 11.9 Å². The molecule has 0 heterocycles. The van der Waals surface area contributed by atoms with Gasteiger partial charge in [0.1, 0.15) is 9.84 Å². The summed E-state index contributed by atoms with van der Waals surface area (Å²) >= 11 is 0. The summed E-state index contributed by atoms with van der Waals surface area (Å²) in [6, 6.07) is 9.32. The number of halogens is 1. The minimum absolute atomic E-state index is 0. The van der Waals surface area contributed by atoms with E-state index in [4.69, 9.17) is 0 Å². The summed E-state index contributed by atoms with van der Waals surface area (Å²) in [4.78, 5) is 11.3. The van der Waals surface area contributed by atoms with E-state index >= 15 is 0 Å². The molecule has 0 unspecified atom stereocenters. The second kappa shape index (κ2) is 7.94. The topological polar surface area (TPSA) is 75.3 Å². The molecule has 102 valence electrons. The highest BCUT2D eigenvalue weighted by Crippen LogP contribution is 2.03. The molecule has 1 aromatic carbocycles. The first-order valence-corrected chi connectivity index (χ1v) is 7.27. The van der Waals surface area contributed by atoms with Crippen molar-refractivity contribution in [3.05, 3.63) is 30.3 Å². The Balaban J connectivity index is 0.00000289. The SMILES string of the molecule is CS(=O)(=O)CCNC(=O)CNc1ccccc1.Cl. The van der Waals surface area contributed by atoms with Crippen molar-refractivity contribution in [3.8, 4) is 0 Å².